The maximum absolute atomic E-state index is 11.3. The van der Waals surface area contributed by atoms with E-state index in [0.29, 0.717) is 0 Å². The highest BCUT2D eigenvalue weighted by Crippen LogP contribution is 2.12. The van der Waals surface area contributed by atoms with Crippen molar-refractivity contribution in [2.45, 2.75) is 26.8 Å². The van der Waals surface area contributed by atoms with Crippen LogP contribution in [0.2, 0.25) is 0 Å². The second kappa shape index (κ2) is 5.35. The van der Waals surface area contributed by atoms with Gasteiger partial charge >= 0.3 is 0 Å². The van der Waals surface area contributed by atoms with E-state index in [-0.39, 0.29) is 11.9 Å². The van der Waals surface area contributed by atoms with Gasteiger partial charge in [-0.25, -0.2) is 0 Å². The first-order chi connectivity index (χ1) is 7.13. The molecule has 0 aromatic heterocycles. The van der Waals surface area contributed by atoms with Crippen LogP contribution < -0.4 is 5.32 Å². The predicted octanol–water partition coefficient (Wildman–Crippen LogP) is 2.75. The highest BCUT2D eigenvalue weighted by molar-refractivity contribution is 5.87. The zero-order chi connectivity index (χ0) is 11.3. The van der Waals surface area contributed by atoms with Gasteiger partial charge in [0, 0.05) is 0 Å². The van der Waals surface area contributed by atoms with Crippen molar-refractivity contribution < 1.29 is 4.79 Å². The van der Waals surface area contributed by atoms with Crippen molar-refractivity contribution in [1.82, 2.24) is 5.32 Å². The van der Waals surface area contributed by atoms with Crippen LogP contribution >= 0.6 is 0 Å². The SMILES string of the molecule is C/C=C/C(=O)N[C@@H](C)c1ccc(C)cc1. The molecule has 0 aliphatic rings. The fraction of sp³-hybridized carbons (Fsp3) is 0.308. The summed E-state index contributed by atoms with van der Waals surface area (Å²) in [6.45, 7) is 5.86. The summed E-state index contributed by atoms with van der Waals surface area (Å²) < 4.78 is 0. The Bertz CT molecular complexity index is 351. The largest absolute Gasteiger partial charge is 0.346 e. The Kier molecular flexibility index (Phi) is 4.10. The van der Waals surface area contributed by atoms with Gasteiger partial charge in [0.05, 0.1) is 6.04 Å². The standard InChI is InChI=1S/C13H17NO/c1-4-5-13(15)14-11(3)12-8-6-10(2)7-9-12/h4-9,11H,1-3H3,(H,14,15)/b5-4+/t11-/m0/s1. The number of aryl methyl sites for hydroxylation is 1. The minimum Gasteiger partial charge on any atom is -0.346 e. The molecule has 0 saturated carbocycles. The van der Waals surface area contributed by atoms with E-state index in [0.717, 1.165) is 5.56 Å². The molecule has 1 rings (SSSR count). The van der Waals surface area contributed by atoms with E-state index in [4.69, 9.17) is 0 Å². The number of rotatable bonds is 3. The first-order valence-electron chi connectivity index (χ1n) is 5.13. The molecule has 0 radical (unpaired) electrons. The topological polar surface area (TPSA) is 29.1 Å². The van der Waals surface area contributed by atoms with E-state index >= 15 is 0 Å². The Morgan fingerprint density at radius 1 is 1.33 bits per heavy atom. The molecule has 15 heavy (non-hydrogen) atoms. The fourth-order valence-electron chi connectivity index (χ4n) is 1.35. The van der Waals surface area contributed by atoms with Crippen LogP contribution in [0.5, 0.6) is 0 Å². The third kappa shape index (κ3) is 3.58. The van der Waals surface area contributed by atoms with Crippen molar-refractivity contribution in [3.63, 3.8) is 0 Å². The average Bonchev–Trinajstić information content (AvgIpc) is 2.18. The number of carbonyl (C=O) groups excluding carboxylic acids is 1. The van der Waals surface area contributed by atoms with Crippen molar-refractivity contribution in [3.8, 4) is 0 Å². The van der Waals surface area contributed by atoms with Crippen LogP contribution in [0.1, 0.15) is 31.0 Å². The van der Waals surface area contributed by atoms with Gasteiger partial charge < -0.3 is 5.32 Å². The van der Waals surface area contributed by atoms with Crippen LogP contribution in [0.4, 0.5) is 0 Å². The molecule has 80 valence electrons. The quantitative estimate of drug-likeness (QED) is 0.752. The van der Waals surface area contributed by atoms with Crippen LogP contribution in [0.3, 0.4) is 0 Å². The second-order valence-corrected chi connectivity index (χ2v) is 3.64. The lowest BCUT2D eigenvalue weighted by Crippen LogP contribution is -2.24. The van der Waals surface area contributed by atoms with Gasteiger partial charge in [-0.1, -0.05) is 35.9 Å². The number of benzene rings is 1. The lowest BCUT2D eigenvalue weighted by molar-refractivity contribution is -0.117. The molecule has 0 unspecified atom stereocenters. The molecule has 1 aromatic carbocycles. The number of hydrogen-bond donors (Lipinski definition) is 1. The fourth-order valence-corrected chi connectivity index (χ4v) is 1.35. The zero-order valence-electron chi connectivity index (χ0n) is 9.45. The number of nitrogens with one attached hydrogen (secondary N) is 1. The van der Waals surface area contributed by atoms with E-state index in [1.165, 1.54) is 11.6 Å². The van der Waals surface area contributed by atoms with Crippen molar-refractivity contribution in [2.24, 2.45) is 0 Å². The summed E-state index contributed by atoms with van der Waals surface area (Å²) in [6, 6.07) is 8.22. The molecule has 0 aliphatic carbocycles. The van der Waals surface area contributed by atoms with Crippen LogP contribution in [0, 0.1) is 6.92 Å². The van der Waals surface area contributed by atoms with Crippen LogP contribution in [-0.4, -0.2) is 5.91 Å². The summed E-state index contributed by atoms with van der Waals surface area (Å²) in [5.41, 5.74) is 2.35. The monoisotopic (exact) mass is 203 g/mol. The molecule has 0 heterocycles. The Hall–Kier alpha value is -1.57. The predicted molar refractivity (Wildman–Crippen MR) is 62.6 cm³/mol. The molecule has 1 aromatic rings. The Morgan fingerprint density at radius 2 is 1.93 bits per heavy atom. The van der Waals surface area contributed by atoms with Crippen molar-refractivity contribution in [3.05, 3.63) is 47.5 Å². The summed E-state index contributed by atoms with van der Waals surface area (Å²) in [4.78, 5) is 11.3. The summed E-state index contributed by atoms with van der Waals surface area (Å²) in [6.07, 6.45) is 3.27. The van der Waals surface area contributed by atoms with Gasteiger partial charge in [-0.15, -0.1) is 0 Å². The van der Waals surface area contributed by atoms with Gasteiger partial charge in [-0.3, -0.25) is 4.79 Å². The van der Waals surface area contributed by atoms with Crippen molar-refractivity contribution in [2.75, 3.05) is 0 Å². The van der Waals surface area contributed by atoms with Gasteiger partial charge in [0.1, 0.15) is 0 Å². The van der Waals surface area contributed by atoms with Gasteiger partial charge in [-0.2, -0.15) is 0 Å². The van der Waals surface area contributed by atoms with Crippen LogP contribution in [0.25, 0.3) is 0 Å². The van der Waals surface area contributed by atoms with E-state index < -0.39 is 0 Å². The highest BCUT2D eigenvalue weighted by atomic mass is 16.1. The first kappa shape index (κ1) is 11.5. The van der Waals surface area contributed by atoms with E-state index in [9.17, 15) is 4.79 Å². The molecule has 1 N–H and O–H groups in total. The van der Waals surface area contributed by atoms with Crippen molar-refractivity contribution in [1.29, 1.82) is 0 Å². The molecular weight excluding hydrogens is 186 g/mol. The molecule has 1 amide bonds. The van der Waals surface area contributed by atoms with E-state index in [1.807, 2.05) is 45.0 Å². The molecule has 0 spiro atoms. The molecule has 2 heteroatoms. The average molecular weight is 203 g/mol. The molecule has 0 saturated heterocycles. The van der Waals surface area contributed by atoms with Gasteiger partial charge in [-0.05, 0) is 32.4 Å². The normalized spacial score (nSPS) is 12.7. The molecule has 0 fully saturated rings. The first-order valence-corrected chi connectivity index (χ1v) is 5.13. The minimum atomic E-state index is -0.0504. The van der Waals surface area contributed by atoms with E-state index in [1.54, 1.807) is 6.08 Å². The number of allylic oxidation sites excluding steroid dienone is 1. The van der Waals surface area contributed by atoms with Gasteiger partial charge in [0.15, 0.2) is 0 Å². The molecule has 0 bridgehead atoms. The molecule has 1 atom stereocenters. The van der Waals surface area contributed by atoms with E-state index in [2.05, 4.69) is 5.32 Å². The Labute approximate surface area is 91.0 Å². The van der Waals surface area contributed by atoms with Gasteiger partial charge in [0.2, 0.25) is 5.91 Å². The lowest BCUT2D eigenvalue weighted by atomic mass is 10.1. The summed E-state index contributed by atoms with van der Waals surface area (Å²) in [7, 11) is 0. The maximum atomic E-state index is 11.3. The molecular formula is C13H17NO. The van der Waals surface area contributed by atoms with Gasteiger partial charge in [0.25, 0.3) is 0 Å². The molecule has 2 nitrogen and oxygen atoms in total. The van der Waals surface area contributed by atoms with Crippen molar-refractivity contribution >= 4 is 5.91 Å². The third-order valence-corrected chi connectivity index (χ3v) is 2.25. The minimum absolute atomic E-state index is 0.0503. The number of hydrogen-bond acceptors (Lipinski definition) is 1. The second-order valence-electron chi connectivity index (χ2n) is 3.64. The highest BCUT2D eigenvalue weighted by Gasteiger charge is 2.06. The Balaban J connectivity index is 2.64. The number of carbonyl (C=O) groups is 1. The number of amides is 1. The van der Waals surface area contributed by atoms with Crippen LogP contribution in [-0.2, 0) is 4.79 Å². The third-order valence-electron chi connectivity index (χ3n) is 2.25. The van der Waals surface area contributed by atoms with Crippen LogP contribution in [0.15, 0.2) is 36.4 Å². The maximum Gasteiger partial charge on any atom is 0.244 e. The lowest BCUT2D eigenvalue weighted by Gasteiger charge is -2.12. The zero-order valence-corrected chi connectivity index (χ0v) is 9.45. The summed E-state index contributed by atoms with van der Waals surface area (Å²) >= 11 is 0. The Morgan fingerprint density at radius 3 is 2.47 bits per heavy atom. The summed E-state index contributed by atoms with van der Waals surface area (Å²) in [5.74, 6) is -0.0504. The smallest absolute Gasteiger partial charge is 0.244 e. The summed E-state index contributed by atoms with van der Waals surface area (Å²) in [5, 5.41) is 2.89. The molecule has 0 aliphatic heterocycles.